The van der Waals surface area contributed by atoms with E-state index in [1.165, 1.54) is 0 Å². The Kier molecular flexibility index (Phi) is 5.78. The highest BCUT2D eigenvalue weighted by atomic mass is 16.5. The summed E-state index contributed by atoms with van der Waals surface area (Å²) in [6.45, 7) is 0.540. The molecular weight excluding hydrogens is 250 g/mol. The number of nitrogens with one attached hydrogen (secondary N) is 1. The van der Waals surface area contributed by atoms with Gasteiger partial charge >= 0.3 is 5.97 Å². The van der Waals surface area contributed by atoms with Crippen LogP contribution in [0.3, 0.4) is 0 Å². The van der Waals surface area contributed by atoms with Crippen molar-refractivity contribution in [3.05, 3.63) is 12.1 Å². The van der Waals surface area contributed by atoms with Crippen LogP contribution in [-0.2, 0) is 4.79 Å². The Bertz CT molecular complexity index is 433. The third-order valence-corrected chi connectivity index (χ3v) is 2.59. The Morgan fingerprint density at radius 1 is 1.11 bits per heavy atom. The van der Waals surface area contributed by atoms with Gasteiger partial charge in [-0.15, -0.1) is 0 Å². The zero-order valence-electron chi connectivity index (χ0n) is 11.4. The van der Waals surface area contributed by atoms with E-state index in [9.17, 15) is 4.79 Å². The molecular formula is C13H19NO5. The predicted octanol–water partition coefficient (Wildman–Crippen LogP) is 1.99. The van der Waals surface area contributed by atoms with E-state index in [0.29, 0.717) is 30.2 Å². The van der Waals surface area contributed by atoms with Crippen LogP contribution in [0.1, 0.15) is 12.8 Å². The number of aliphatic carboxylic acids is 1. The maximum atomic E-state index is 10.4. The van der Waals surface area contributed by atoms with Gasteiger partial charge in [0.05, 0.1) is 27.0 Å². The Labute approximate surface area is 112 Å². The van der Waals surface area contributed by atoms with Crippen LogP contribution in [0.25, 0.3) is 0 Å². The molecule has 0 amide bonds. The number of methoxy groups -OCH3 is 3. The molecule has 0 aliphatic heterocycles. The molecule has 0 bridgehead atoms. The third kappa shape index (κ3) is 4.24. The molecule has 0 aromatic heterocycles. The van der Waals surface area contributed by atoms with Crippen molar-refractivity contribution in [1.29, 1.82) is 0 Å². The largest absolute Gasteiger partial charge is 0.494 e. The van der Waals surface area contributed by atoms with Gasteiger partial charge in [-0.2, -0.15) is 0 Å². The first-order valence-electron chi connectivity index (χ1n) is 5.88. The van der Waals surface area contributed by atoms with Gasteiger partial charge in [-0.1, -0.05) is 0 Å². The first-order valence-corrected chi connectivity index (χ1v) is 5.88. The maximum absolute atomic E-state index is 10.4. The molecule has 0 heterocycles. The van der Waals surface area contributed by atoms with E-state index in [-0.39, 0.29) is 6.42 Å². The summed E-state index contributed by atoms with van der Waals surface area (Å²) in [5.74, 6) is 0.980. The Morgan fingerprint density at radius 3 is 2.21 bits per heavy atom. The summed E-state index contributed by atoms with van der Waals surface area (Å²) < 4.78 is 15.6. The van der Waals surface area contributed by atoms with Crippen LogP contribution in [0.5, 0.6) is 17.2 Å². The number of hydrogen-bond donors (Lipinski definition) is 2. The molecule has 1 rings (SSSR count). The normalized spacial score (nSPS) is 9.84. The lowest BCUT2D eigenvalue weighted by molar-refractivity contribution is -0.137. The fraction of sp³-hybridized carbons (Fsp3) is 0.462. The van der Waals surface area contributed by atoms with Gasteiger partial charge < -0.3 is 24.6 Å². The highest BCUT2D eigenvalue weighted by Gasteiger charge is 2.11. The summed E-state index contributed by atoms with van der Waals surface area (Å²) in [4.78, 5) is 10.4. The quantitative estimate of drug-likeness (QED) is 0.703. The van der Waals surface area contributed by atoms with E-state index >= 15 is 0 Å². The van der Waals surface area contributed by atoms with Gasteiger partial charge in [0, 0.05) is 25.1 Å². The Morgan fingerprint density at radius 2 is 1.68 bits per heavy atom. The first-order chi connectivity index (χ1) is 9.12. The highest BCUT2D eigenvalue weighted by Crippen LogP contribution is 2.37. The van der Waals surface area contributed by atoms with Crippen LogP contribution in [-0.4, -0.2) is 38.9 Å². The molecule has 0 saturated carbocycles. The summed E-state index contributed by atoms with van der Waals surface area (Å²) in [6, 6.07) is 3.48. The fourth-order valence-electron chi connectivity index (χ4n) is 1.63. The lowest BCUT2D eigenvalue weighted by Gasteiger charge is -2.15. The second kappa shape index (κ2) is 7.35. The van der Waals surface area contributed by atoms with Gasteiger partial charge in [-0.05, 0) is 6.42 Å². The number of benzene rings is 1. The van der Waals surface area contributed by atoms with Gasteiger partial charge in [0.25, 0.3) is 0 Å². The monoisotopic (exact) mass is 269 g/mol. The van der Waals surface area contributed by atoms with E-state index in [1.54, 1.807) is 33.5 Å². The van der Waals surface area contributed by atoms with Gasteiger partial charge in [0.1, 0.15) is 5.75 Å². The molecule has 6 nitrogen and oxygen atoms in total. The molecule has 1 aromatic carbocycles. The minimum atomic E-state index is -0.805. The molecule has 6 heteroatoms. The summed E-state index contributed by atoms with van der Waals surface area (Å²) in [7, 11) is 4.67. The van der Waals surface area contributed by atoms with Crippen molar-refractivity contribution in [2.45, 2.75) is 12.8 Å². The van der Waals surface area contributed by atoms with E-state index in [0.717, 1.165) is 5.69 Å². The SMILES string of the molecule is COc1cc(OC)c(OC)cc1NCCCC(=O)O. The molecule has 0 atom stereocenters. The van der Waals surface area contributed by atoms with Gasteiger partial charge in [0.15, 0.2) is 11.5 Å². The average molecular weight is 269 g/mol. The molecule has 0 radical (unpaired) electrons. The summed E-state index contributed by atoms with van der Waals surface area (Å²) in [5.41, 5.74) is 0.741. The molecule has 0 spiro atoms. The smallest absolute Gasteiger partial charge is 0.303 e. The van der Waals surface area contributed by atoms with E-state index in [2.05, 4.69) is 5.32 Å². The second-order valence-electron chi connectivity index (χ2n) is 3.83. The number of rotatable bonds is 8. The van der Waals surface area contributed by atoms with E-state index < -0.39 is 5.97 Å². The molecule has 19 heavy (non-hydrogen) atoms. The van der Waals surface area contributed by atoms with Crippen LogP contribution in [0.15, 0.2) is 12.1 Å². The second-order valence-corrected chi connectivity index (χ2v) is 3.83. The third-order valence-electron chi connectivity index (χ3n) is 2.59. The number of carboxylic acids is 1. The summed E-state index contributed by atoms with van der Waals surface area (Å²) in [6.07, 6.45) is 0.662. The number of hydrogen-bond acceptors (Lipinski definition) is 5. The van der Waals surface area contributed by atoms with Crippen LogP contribution >= 0.6 is 0 Å². The molecule has 1 aromatic rings. The van der Waals surface area contributed by atoms with Crippen molar-refractivity contribution in [1.82, 2.24) is 0 Å². The van der Waals surface area contributed by atoms with Crippen molar-refractivity contribution in [3.8, 4) is 17.2 Å². The molecule has 0 fully saturated rings. The molecule has 106 valence electrons. The average Bonchev–Trinajstić information content (AvgIpc) is 2.42. The Balaban J connectivity index is 2.77. The van der Waals surface area contributed by atoms with Crippen molar-refractivity contribution in [2.24, 2.45) is 0 Å². The minimum Gasteiger partial charge on any atom is -0.494 e. The molecule has 0 unspecified atom stereocenters. The number of carboxylic acid groups (broad SMARTS) is 1. The number of anilines is 1. The van der Waals surface area contributed by atoms with E-state index in [4.69, 9.17) is 19.3 Å². The standard InChI is InChI=1S/C13H19NO5/c1-17-10-8-12(19-3)11(18-2)7-9(10)14-6-4-5-13(15)16/h7-8,14H,4-6H2,1-3H3,(H,15,16). The molecule has 0 aliphatic rings. The zero-order chi connectivity index (χ0) is 14.3. The predicted molar refractivity (Wildman–Crippen MR) is 71.5 cm³/mol. The molecule has 0 aliphatic carbocycles. The lowest BCUT2D eigenvalue weighted by Crippen LogP contribution is -2.06. The lowest BCUT2D eigenvalue weighted by atomic mass is 10.2. The van der Waals surface area contributed by atoms with Crippen LogP contribution in [0, 0.1) is 0 Å². The minimum absolute atomic E-state index is 0.128. The molecule has 0 saturated heterocycles. The number of carbonyl (C=O) groups is 1. The van der Waals surface area contributed by atoms with Gasteiger partial charge in [0.2, 0.25) is 0 Å². The fourth-order valence-corrected chi connectivity index (χ4v) is 1.63. The van der Waals surface area contributed by atoms with Crippen molar-refractivity contribution in [3.63, 3.8) is 0 Å². The van der Waals surface area contributed by atoms with E-state index in [1.807, 2.05) is 0 Å². The van der Waals surface area contributed by atoms with Crippen molar-refractivity contribution >= 4 is 11.7 Å². The van der Waals surface area contributed by atoms with Crippen molar-refractivity contribution < 1.29 is 24.1 Å². The van der Waals surface area contributed by atoms with Crippen LogP contribution in [0.4, 0.5) is 5.69 Å². The summed E-state index contributed by atoms with van der Waals surface area (Å²) in [5, 5.41) is 11.7. The first kappa shape index (κ1) is 14.9. The van der Waals surface area contributed by atoms with Gasteiger partial charge in [-0.3, -0.25) is 4.79 Å². The van der Waals surface area contributed by atoms with Crippen LogP contribution in [0.2, 0.25) is 0 Å². The van der Waals surface area contributed by atoms with Crippen LogP contribution < -0.4 is 19.5 Å². The van der Waals surface area contributed by atoms with Gasteiger partial charge in [-0.25, -0.2) is 0 Å². The Hall–Kier alpha value is -2.11. The topological polar surface area (TPSA) is 77.0 Å². The zero-order valence-corrected chi connectivity index (χ0v) is 11.4. The highest BCUT2D eigenvalue weighted by molar-refractivity contribution is 5.67. The summed E-state index contributed by atoms with van der Waals surface area (Å²) >= 11 is 0. The molecule has 2 N–H and O–H groups in total. The maximum Gasteiger partial charge on any atom is 0.303 e. The van der Waals surface area contributed by atoms with Crippen molar-refractivity contribution in [2.75, 3.05) is 33.2 Å². The number of ether oxygens (including phenoxy) is 3.